The number of carbonyl (C=O) groups excluding carboxylic acids is 2. The molecular weight excluding hydrogens is 472 g/mol. The Morgan fingerprint density at radius 3 is 1.82 bits per heavy atom. The Labute approximate surface area is 227 Å². The summed E-state index contributed by atoms with van der Waals surface area (Å²) in [4.78, 5) is 30.0. The second-order valence-corrected chi connectivity index (χ2v) is 10.9. The van der Waals surface area contributed by atoms with Gasteiger partial charge in [-0.2, -0.15) is 0 Å². The number of nitrogens with one attached hydrogen (secondary N) is 1. The Morgan fingerprint density at radius 2 is 1.32 bits per heavy atom. The third-order valence-electron chi connectivity index (χ3n) is 7.44. The lowest BCUT2D eigenvalue weighted by atomic mass is 9.89. The second kappa shape index (κ2) is 12.4. The van der Waals surface area contributed by atoms with E-state index in [9.17, 15) is 14.7 Å². The van der Waals surface area contributed by atoms with E-state index in [-0.39, 0.29) is 35.0 Å². The van der Waals surface area contributed by atoms with Crippen molar-refractivity contribution in [2.45, 2.75) is 93.2 Å². The number of hydrogen-bond donors (Lipinski definition) is 2. The van der Waals surface area contributed by atoms with Crippen LogP contribution in [0.4, 0.5) is 0 Å². The van der Waals surface area contributed by atoms with E-state index in [0.29, 0.717) is 11.1 Å². The Bertz CT molecular complexity index is 1280. The number of hydrogen-bond acceptors (Lipinski definition) is 5. The molecular formula is C33H42N2O3. The molecule has 3 rings (SSSR count). The third kappa shape index (κ3) is 6.69. The lowest BCUT2D eigenvalue weighted by Gasteiger charge is -2.29. The average Bonchev–Trinajstić information content (AvgIpc) is 2.80. The van der Waals surface area contributed by atoms with Crippen LogP contribution in [0.15, 0.2) is 41.0 Å². The van der Waals surface area contributed by atoms with Crippen LogP contribution in [0.3, 0.4) is 0 Å². The summed E-state index contributed by atoms with van der Waals surface area (Å²) in [6, 6.07) is 8.17. The monoisotopic (exact) mass is 514 g/mol. The minimum Gasteiger partial charge on any atom is -0.506 e. The Balaban J connectivity index is 1.93. The van der Waals surface area contributed by atoms with E-state index in [0.717, 1.165) is 59.1 Å². The van der Waals surface area contributed by atoms with E-state index in [1.54, 1.807) is 13.1 Å². The van der Waals surface area contributed by atoms with Crippen LogP contribution in [0.2, 0.25) is 0 Å². The molecule has 1 saturated carbocycles. The molecule has 0 aliphatic heterocycles. The van der Waals surface area contributed by atoms with E-state index in [2.05, 4.69) is 24.4 Å². The molecule has 2 atom stereocenters. The number of aliphatic imine (C=N–C) groups is 1. The van der Waals surface area contributed by atoms with Gasteiger partial charge in [-0.25, -0.2) is 0 Å². The predicted octanol–water partition coefficient (Wildman–Crippen LogP) is 7.00. The highest BCUT2D eigenvalue weighted by molar-refractivity contribution is 6.20. The van der Waals surface area contributed by atoms with Crippen molar-refractivity contribution in [3.05, 3.63) is 80.5 Å². The fourth-order valence-corrected chi connectivity index (χ4v) is 5.81. The molecule has 2 N–H and O–H groups in total. The summed E-state index contributed by atoms with van der Waals surface area (Å²) >= 11 is 0. The number of rotatable bonds is 8. The molecule has 0 amide bonds. The first-order valence-corrected chi connectivity index (χ1v) is 13.5. The van der Waals surface area contributed by atoms with Crippen LogP contribution in [0.25, 0.3) is 11.3 Å². The van der Waals surface area contributed by atoms with Crippen molar-refractivity contribution in [3.8, 4) is 0 Å². The maximum absolute atomic E-state index is 12.7. The number of benzene rings is 2. The van der Waals surface area contributed by atoms with Crippen LogP contribution >= 0.6 is 0 Å². The first-order valence-electron chi connectivity index (χ1n) is 13.5. The van der Waals surface area contributed by atoms with Gasteiger partial charge in [0.15, 0.2) is 11.6 Å². The van der Waals surface area contributed by atoms with Gasteiger partial charge in [-0.05, 0) is 96.0 Å². The van der Waals surface area contributed by atoms with Crippen molar-refractivity contribution in [2.75, 3.05) is 0 Å². The molecule has 0 unspecified atom stereocenters. The Morgan fingerprint density at radius 1 is 0.816 bits per heavy atom. The summed E-state index contributed by atoms with van der Waals surface area (Å²) in [6.07, 6.45) is 7.29. The molecule has 0 heterocycles. The predicted molar refractivity (Wildman–Crippen MR) is 158 cm³/mol. The smallest absolute Gasteiger partial charge is 0.165 e. The molecule has 5 heteroatoms. The molecule has 0 saturated heterocycles. The number of nitrogens with zero attached hydrogens (tertiary/aromatic N) is 1. The van der Waals surface area contributed by atoms with Crippen LogP contribution < -0.4 is 5.32 Å². The zero-order chi connectivity index (χ0) is 28.1. The lowest BCUT2D eigenvalue weighted by molar-refractivity contribution is -0.113. The molecule has 2 aromatic rings. The van der Waals surface area contributed by atoms with Gasteiger partial charge in [0.2, 0.25) is 0 Å². The third-order valence-corrected chi connectivity index (χ3v) is 7.44. The van der Waals surface area contributed by atoms with Gasteiger partial charge in [-0.1, -0.05) is 48.2 Å². The highest BCUT2D eigenvalue weighted by Gasteiger charge is 2.25. The number of Topliss-reactive ketones (excluding diaryl/α,β-unsaturated/α-hetero) is 2. The molecule has 38 heavy (non-hydrogen) atoms. The van der Waals surface area contributed by atoms with Crippen molar-refractivity contribution >= 4 is 29.1 Å². The Hall–Kier alpha value is -3.47. The number of carbonyl (C=O) groups is 2. The van der Waals surface area contributed by atoms with Crippen LogP contribution in [-0.2, 0) is 9.59 Å². The summed E-state index contributed by atoms with van der Waals surface area (Å²) in [7, 11) is 0. The van der Waals surface area contributed by atoms with Crippen LogP contribution in [0, 0.1) is 41.5 Å². The fraction of sp³-hybridized carbons (Fsp3) is 0.424. The molecule has 1 aliphatic rings. The molecule has 0 spiro atoms. The van der Waals surface area contributed by atoms with Gasteiger partial charge in [0.25, 0.3) is 0 Å². The highest BCUT2D eigenvalue weighted by atomic mass is 16.3. The van der Waals surface area contributed by atoms with Gasteiger partial charge in [0.1, 0.15) is 5.76 Å². The minimum absolute atomic E-state index is 0.0129. The lowest BCUT2D eigenvalue weighted by Crippen LogP contribution is -2.39. The van der Waals surface area contributed by atoms with E-state index in [1.807, 2.05) is 53.0 Å². The van der Waals surface area contributed by atoms with E-state index < -0.39 is 0 Å². The van der Waals surface area contributed by atoms with Crippen molar-refractivity contribution in [1.82, 2.24) is 5.32 Å². The maximum atomic E-state index is 12.7. The van der Waals surface area contributed by atoms with Crippen LogP contribution in [-0.4, -0.2) is 35.0 Å². The molecule has 0 aromatic heterocycles. The zero-order valence-corrected chi connectivity index (χ0v) is 24.2. The largest absolute Gasteiger partial charge is 0.506 e. The van der Waals surface area contributed by atoms with E-state index in [4.69, 9.17) is 4.99 Å². The van der Waals surface area contributed by atoms with Gasteiger partial charge >= 0.3 is 0 Å². The normalized spacial score (nSPS) is 18.9. The zero-order valence-electron chi connectivity index (χ0n) is 24.2. The number of aryl methyl sites for hydroxylation is 6. The molecule has 2 aromatic carbocycles. The fourth-order valence-electron chi connectivity index (χ4n) is 5.81. The van der Waals surface area contributed by atoms with Crippen molar-refractivity contribution in [3.63, 3.8) is 0 Å². The van der Waals surface area contributed by atoms with Crippen molar-refractivity contribution in [1.29, 1.82) is 0 Å². The first kappa shape index (κ1) is 29.1. The van der Waals surface area contributed by atoms with Gasteiger partial charge < -0.3 is 10.4 Å². The number of ketones is 2. The Kier molecular flexibility index (Phi) is 9.48. The molecule has 0 radical (unpaired) electrons. The summed E-state index contributed by atoms with van der Waals surface area (Å²) in [6.45, 7) is 15.1. The maximum Gasteiger partial charge on any atom is 0.165 e. The molecule has 202 valence electrons. The summed E-state index contributed by atoms with van der Waals surface area (Å²) < 4.78 is 0. The number of aliphatic hydroxyl groups is 1. The summed E-state index contributed by atoms with van der Waals surface area (Å²) in [5, 5.41) is 14.6. The van der Waals surface area contributed by atoms with Crippen molar-refractivity contribution < 1.29 is 14.7 Å². The molecule has 5 nitrogen and oxygen atoms in total. The van der Waals surface area contributed by atoms with Crippen LogP contribution in [0.5, 0.6) is 0 Å². The van der Waals surface area contributed by atoms with Gasteiger partial charge in [-0.15, -0.1) is 0 Å². The number of allylic oxidation sites excluding steroid dienone is 2. The van der Waals surface area contributed by atoms with Gasteiger partial charge in [0.05, 0.1) is 11.6 Å². The topological polar surface area (TPSA) is 78.8 Å². The van der Waals surface area contributed by atoms with Gasteiger partial charge in [-0.3, -0.25) is 14.6 Å². The molecule has 1 fully saturated rings. The second-order valence-electron chi connectivity index (χ2n) is 10.9. The first-order chi connectivity index (χ1) is 17.9. The standard InChI is InChI=1S/C33H42N2O3/c1-19-13-21(3)31(22(4)14-19)27(25(7)36)17-34-29-11-9-10-12-30(29)35-18-28(26(8)37)33(38)32-23(5)15-20(2)16-24(32)6/h13-18,29-30,34,38H,9-12H2,1-8H3/b27-17+,33-28-,35-18?/t29-,30-/m1/s1. The quantitative estimate of drug-likeness (QED) is 0.226. The SMILES string of the molecule is CC(=O)/C(=C\N[C@@H]1CCCC[C@H]1N=C/C(C(C)=O)=C(/O)c1c(C)cc(C)cc1C)c1c(C)cc(C)cc1C. The van der Waals surface area contributed by atoms with Crippen molar-refractivity contribution in [2.24, 2.45) is 4.99 Å². The van der Waals surface area contributed by atoms with E-state index in [1.165, 1.54) is 12.5 Å². The van der Waals surface area contributed by atoms with E-state index >= 15 is 0 Å². The van der Waals surface area contributed by atoms with Crippen LogP contribution in [0.1, 0.15) is 84.0 Å². The summed E-state index contributed by atoms with van der Waals surface area (Å²) in [5.74, 6) is -0.241. The van der Waals surface area contributed by atoms with Gasteiger partial charge in [0, 0.05) is 29.6 Å². The number of aliphatic hydroxyl groups excluding tert-OH is 1. The average molecular weight is 515 g/mol. The molecule has 1 aliphatic carbocycles. The summed E-state index contributed by atoms with van der Waals surface area (Å²) in [5.41, 5.74) is 8.84. The molecule has 0 bridgehead atoms. The minimum atomic E-state index is -0.227. The highest BCUT2D eigenvalue weighted by Crippen LogP contribution is 2.28.